The fourth-order valence-electron chi connectivity index (χ4n) is 2.94. The molecule has 1 aliphatic rings. The highest BCUT2D eigenvalue weighted by atomic mass is 79.9. The van der Waals surface area contributed by atoms with Gasteiger partial charge in [0, 0.05) is 23.2 Å². The number of halogens is 1. The Morgan fingerprint density at radius 2 is 2.00 bits per heavy atom. The number of nitrogens with zero attached hydrogens (tertiary/aromatic N) is 1. The van der Waals surface area contributed by atoms with Crippen LogP contribution in [0.5, 0.6) is 0 Å². The van der Waals surface area contributed by atoms with E-state index in [0.717, 1.165) is 21.3 Å². The summed E-state index contributed by atoms with van der Waals surface area (Å²) < 4.78 is 0.963. The summed E-state index contributed by atoms with van der Waals surface area (Å²) in [7, 11) is 0. The molecular formula is C19H19BrN2O2. The van der Waals surface area contributed by atoms with E-state index in [4.69, 9.17) is 0 Å². The van der Waals surface area contributed by atoms with Gasteiger partial charge in [-0.15, -0.1) is 0 Å². The van der Waals surface area contributed by atoms with Gasteiger partial charge in [-0.1, -0.05) is 45.8 Å². The van der Waals surface area contributed by atoms with Crippen molar-refractivity contribution in [1.29, 1.82) is 0 Å². The molecule has 0 aliphatic carbocycles. The van der Waals surface area contributed by atoms with E-state index in [-0.39, 0.29) is 11.8 Å². The number of benzene rings is 2. The van der Waals surface area contributed by atoms with E-state index in [1.807, 2.05) is 55.5 Å². The van der Waals surface area contributed by atoms with Crippen LogP contribution in [0.15, 0.2) is 53.0 Å². The maximum absolute atomic E-state index is 12.6. The molecule has 1 atom stereocenters. The molecule has 1 aliphatic heterocycles. The number of hydrogen-bond acceptors (Lipinski definition) is 2. The molecule has 2 aromatic carbocycles. The van der Waals surface area contributed by atoms with Gasteiger partial charge in [-0.05, 0) is 43.2 Å². The largest absolute Gasteiger partial charge is 0.351 e. The third kappa shape index (κ3) is 3.67. The SMILES string of the molecule is Cc1cccc(CNC(=O)C2CCN(c3ccc(Br)cc3)C2=O)c1. The van der Waals surface area contributed by atoms with Gasteiger partial charge < -0.3 is 10.2 Å². The Bertz CT molecular complexity index is 758. The van der Waals surface area contributed by atoms with Crippen LogP contribution in [0, 0.1) is 12.8 Å². The standard InChI is InChI=1S/C19H19BrN2O2/c1-13-3-2-4-14(11-13)12-21-18(23)17-9-10-22(19(17)24)16-7-5-15(20)6-8-16/h2-8,11,17H,9-10,12H2,1H3,(H,21,23). The number of nitrogens with one attached hydrogen (secondary N) is 1. The van der Waals surface area contributed by atoms with Crippen molar-refractivity contribution in [2.75, 3.05) is 11.4 Å². The highest BCUT2D eigenvalue weighted by Gasteiger charge is 2.37. The van der Waals surface area contributed by atoms with Crippen LogP contribution in [0.3, 0.4) is 0 Å². The van der Waals surface area contributed by atoms with Crippen LogP contribution in [-0.2, 0) is 16.1 Å². The van der Waals surface area contributed by atoms with Crippen LogP contribution < -0.4 is 10.2 Å². The molecular weight excluding hydrogens is 368 g/mol. The molecule has 1 unspecified atom stereocenters. The molecule has 5 heteroatoms. The quantitative estimate of drug-likeness (QED) is 0.818. The van der Waals surface area contributed by atoms with E-state index >= 15 is 0 Å². The van der Waals surface area contributed by atoms with Crippen LogP contribution in [0.2, 0.25) is 0 Å². The fourth-order valence-corrected chi connectivity index (χ4v) is 3.20. The zero-order chi connectivity index (χ0) is 17.1. The predicted molar refractivity (Wildman–Crippen MR) is 97.6 cm³/mol. The summed E-state index contributed by atoms with van der Waals surface area (Å²) >= 11 is 3.38. The lowest BCUT2D eigenvalue weighted by Gasteiger charge is -2.17. The van der Waals surface area contributed by atoms with Gasteiger partial charge in [0.15, 0.2) is 0 Å². The van der Waals surface area contributed by atoms with Gasteiger partial charge in [0.2, 0.25) is 11.8 Å². The molecule has 1 saturated heterocycles. The summed E-state index contributed by atoms with van der Waals surface area (Å²) in [6.07, 6.45) is 0.550. The third-order valence-corrected chi connectivity index (χ3v) is 4.74. The molecule has 1 N–H and O–H groups in total. The summed E-state index contributed by atoms with van der Waals surface area (Å²) in [5.74, 6) is -0.918. The van der Waals surface area contributed by atoms with Gasteiger partial charge in [0.05, 0.1) is 0 Å². The molecule has 0 bridgehead atoms. The van der Waals surface area contributed by atoms with Crippen molar-refractivity contribution in [3.63, 3.8) is 0 Å². The molecule has 1 heterocycles. The van der Waals surface area contributed by atoms with E-state index in [2.05, 4.69) is 21.2 Å². The monoisotopic (exact) mass is 386 g/mol. The Morgan fingerprint density at radius 1 is 1.25 bits per heavy atom. The minimum Gasteiger partial charge on any atom is -0.351 e. The lowest BCUT2D eigenvalue weighted by Crippen LogP contribution is -2.36. The van der Waals surface area contributed by atoms with Gasteiger partial charge in [-0.3, -0.25) is 9.59 Å². The minimum absolute atomic E-state index is 0.126. The van der Waals surface area contributed by atoms with Crippen LogP contribution in [0.4, 0.5) is 5.69 Å². The van der Waals surface area contributed by atoms with Crippen molar-refractivity contribution >= 4 is 33.4 Å². The third-order valence-electron chi connectivity index (χ3n) is 4.21. The second kappa shape index (κ2) is 7.18. The number of hydrogen-bond donors (Lipinski definition) is 1. The van der Waals surface area contributed by atoms with Crippen LogP contribution in [0.25, 0.3) is 0 Å². The van der Waals surface area contributed by atoms with Crippen molar-refractivity contribution in [3.8, 4) is 0 Å². The van der Waals surface area contributed by atoms with Crippen molar-refractivity contribution < 1.29 is 9.59 Å². The summed E-state index contributed by atoms with van der Waals surface area (Å²) in [6.45, 7) is 3.04. The smallest absolute Gasteiger partial charge is 0.239 e. The Kier molecular flexibility index (Phi) is 5.00. The molecule has 0 radical (unpaired) electrons. The molecule has 124 valence electrons. The van der Waals surface area contributed by atoms with E-state index < -0.39 is 5.92 Å². The minimum atomic E-state index is -0.599. The van der Waals surface area contributed by atoms with Gasteiger partial charge in [0.1, 0.15) is 5.92 Å². The fraction of sp³-hybridized carbons (Fsp3) is 0.263. The lowest BCUT2D eigenvalue weighted by molar-refractivity contribution is -0.132. The van der Waals surface area contributed by atoms with Crippen molar-refractivity contribution in [1.82, 2.24) is 5.32 Å². The van der Waals surface area contributed by atoms with Gasteiger partial charge >= 0.3 is 0 Å². The number of rotatable bonds is 4. The van der Waals surface area contributed by atoms with Crippen LogP contribution in [0.1, 0.15) is 17.5 Å². The van der Waals surface area contributed by atoms with E-state index in [1.165, 1.54) is 0 Å². The van der Waals surface area contributed by atoms with E-state index in [0.29, 0.717) is 19.5 Å². The topological polar surface area (TPSA) is 49.4 Å². The molecule has 2 amide bonds. The van der Waals surface area contributed by atoms with Crippen molar-refractivity contribution in [2.45, 2.75) is 19.9 Å². The van der Waals surface area contributed by atoms with Crippen LogP contribution >= 0.6 is 15.9 Å². The molecule has 2 aromatic rings. The molecule has 24 heavy (non-hydrogen) atoms. The summed E-state index contributed by atoms with van der Waals surface area (Å²) in [4.78, 5) is 26.6. The van der Waals surface area contributed by atoms with Crippen molar-refractivity contribution in [2.24, 2.45) is 5.92 Å². The Labute approximate surface area is 150 Å². The maximum atomic E-state index is 12.6. The molecule has 1 fully saturated rings. The first-order valence-corrected chi connectivity index (χ1v) is 8.74. The maximum Gasteiger partial charge on any atom is 0.239 e. The average Bonchev–Trinajstić information content (AvgIpc) is 2.95. The zero-order valence-electron chi connectivity index (χ0n) is 13.5. The first kappa shape index (κ1) is 16.7. The van der Waals surface area contributed by atoms with Gasteiger partial charge in [-0.25, -0.2) is 0 Å². The molecule has 4 nitrogen and oxygen atoms in total. The Hall–Kier alpha value is -2.14. The highest BCUT2D eigenvalue weighted by molar-refractivity contribution is 9.10. The Morgan fingerprint density at radius 3 is 2.71 bits per heavy atom. The number of anilines is 1. The Balaban J connectivity index is 1.62. The number of carbonyl (C=O) groups excluding carboxylic acids is 2. The van der Waals surface area contributed by atoms with Gasteiger partial charge in [0.25, 0.3) is 0 Å². The lowest BCUT2D eigenvalue weighted by atomic mass is 10.1. The summed E-state index contributed by atoms with van der Waals surface area (Å²) in [5.41, 5.74) is 3.02. The zero-order valence-corrected chi connectivity index (χ0v) is 15.0. The van der Waals surface area contributed by atoms with Crippen LogP contribution in [-0.4, -0.2) is 18.4 Å². The number of aryl methyl sites for hydroxylation is 1. The first-order chi connectivity index (χ1) is 11.5. The van der Waals surface area contributed by atoms with E-state index in [1.54, 1.807) is 4.90 Å². The highest BCUT2D eigenvalue weighted by Crippen LogP contribution is 2.26. The number of carbonyl (C=O) groups is 2. The second-order valence-electron chi connectivity index (χ2n) is 6.01. The molecule has 0 saturated carbocycles. The van der Waals surface area contributed by atoms with Crippen molar-refractivity contribution in [3.05, 3.63) is 64.1 Å². The summed E-state index contributed by atoms with van der Waals surface area (Å²) in [5, 5.41) is 2.89. The first-order valence-electron chi connectivity index (χ1n) is 7.95. The van der Waals surface area contributed by atoms with E-state index in [9.17, 15) is 9.59 Å². The second-order valence-corrected chi connectivity index (χ2v) is 6.93. The number of amides is 2. The normalized spacial score (nSPS) is 17.2. The molecule has 0 spiro atoms. The molecule has 3 rings (SSSR count). The summed E-state index contributed by atoms with van der Waals surface area (Å²) in [6, 6.07) is 15.5. The average molecular weight is 387 g/mol. The molecule has 0 aromatic heterocycles. The van der Waals surface area contributed by atoms with Gasteiger partial charge in [-0.2, -0.15) is 0 Å². The predicted octanol–water partition coefficient (Wildman–Crippen LogP) is 3.43.